The van der Waals surface area contributed by atoms with Crippen molar-refractivity contribution in [3.8, 4) is 0 Å². The maximum atomic E-state index is 4.62. The van der Waals surface area contributed by atoms with Crippen molar-refractivity contribution in [1.82, 2.24) is 14.5 Å². The molecule has 0 aliphatic rings. The normalized spacial score (nSPS) is 11.4. The summed E-state index contributed by atoms with van der Waals surface area (Å²) in [6.07, 6.45) is 0. The van der Waals surface area contributed by atoms with Crippen LogP contribution in [0.1, 0.15) is 5.56 Å². The smallest absolute Gasteiger partial charge is 0.166 e. The summed E-state index contributed by atoms with van der Waals surface area (Å²) in [4.78, 5) is 7.99. The predicted molar refractivity (Wildman–Crippen MR) is 91.7 cm³/mol. The molecule has 3 nitrogen and oxygen atoms in total. The van der Waals surface area contributed by atoms with E-state index >= 15 is 0 Å². The van der Waals surface area contributed by atoms with Gasteiger partial charge in [0.1, 0.15) is 5.69 Å². The Morgan fingerprint density at radius 3 is 2.41 bits per heavy atom. The zero-order chi connectivity index (χ0) is 14.9. The summed E-state index contributed by atoms with van der Waals surface area (Å²) in [6, 6.07) is 16.8. The summed E-state index contributed by atoms with van der Waals surface area (Å²) in [5.41, 5.74) is 4.83. The molecule has 0 fully saturated rings. The second kappa shape index (κ2) is 6.73. The van der Waals surface area contributed by atoms with Crippen LogP contribution in [0.25, 0.3) is 11.0 Å². The second-order valence-electron chi connectivity index (χ2n) is 5.99. The number of nitrogens with one attached hydrogen (secondary N) is 1. The van der Waals surface area contributed by atoms with E-state index in [0.717, 1.165) is 26.4 Å². The number of benzene rings is 2. The van der Waals surface area contributed by atoms with E-state index in [0.29, 0.717) is 0 Å². The third kappa shape index (κ3) is 3.64. The maximum absolute atomic E-state index is 4.62. The van der Waals surface area contributed by atoms with Crippen molar-refractivity contribution < 1.29 is 12.4 Å². The minimum atomic E-state index is 0. The number of hydrogen-bond donors (Lipinski definition) is 1. The first-order chi connectivity index (χ1) is 10.0. The molecule has 3 rings (SSSR count). The SMILES string of the molecule is C[N+](C)(C)c1ccccc1CSc1nc2ccccc2[nH]1.[Cl-]. The number of rotatable bonds is 4. The first kappa shape index (κ1) is 16.9. The molecule has 0 aliphatic heterocycles. The number of thioether (sulfide) groups is 1. The fourth-order valence-corrected chi connectivity index (χ4v) is 3.31. The number of halogens is 1. The van der Waals surface area contributed by atoms with Crippen LogP contribution in [0, 0.1) is 0 Å². The average molecular weight is 334 g/mol. The van der Waals surface area contributed by atoms with Crippen LogP contribution in [-0.2, 0) is 5.75 Å². The Hall–Kier alpha value is -1.49. The van der Waals surface area contributed by atoms with Gasteiger partial charge in [-0.3, -0.25) is 4.48 Å². The van der Waals surface area contributed by atoms with E-state index in [1.54, 1.807) is 11.8 Å². The largest absolute Gasteiger partial charge is 1.00 e. The molecule has 1 aromatic heterocycles. The predicted octanol–water partition coefficient (Wildman–Crippen LogP) is 1.06. The lowest BCUT2D eigenvalue weighted by Gasteiger charge is -2.25. The van der Waals surface area contributed by atoms with Gasteiger partial charge in [0.15, 0.2) is 5.16 Å². The van der Waals surface area contributed by atoms with Gasteiger partial charge in [0, 0.05) is 11.3 Å². The molecule has 0 amide bonds. The molecule has 0 unspecified atom stereocenters. The Morgan fingerprint density at radius 2 is 1.68 bits per heavy atom. The highest BCUT2D eigenvalue weighted by molar-refractivity contribution is 7.98. The Balaban J connectivity index is 0.00000176. The van der Waals surface area contributed by atoms with Crippen molar-refractivity contribution >= 4 is 28.5 Å². The van der Waals surface area contributed by atoms with Gasteiger partial charge < -0.3 is 17.4 Å². The maximum Gasteiger partial charge on any atom is 0.166 e. The Kier molecular flexibility index (Phi) is 5.16. The lowest BCUT2D eigenvalue weighted by Crippen LogP contribution is -3.00. The number of H-pyrrole nitrogens is 1. The fourth-order valence-electron chi connectivity index (χ4n) is 2.43. The number of para-hydroxylation sites is 3. The summed E-state index contributed by atoms with van der Waals surface area (Å²) < 4.78 is 0.830. The van der Waals surface area contributed by atoms with E-state index in [-0.39, 0.29) is 12.4 Å². The van der Waals surface area contributed by atoms with Crippen LogP contribution in [0.3, 0.4) is 0 Å². The fraction of sp³-hybridized carbons (Fsp3) is 0.235. The van der Waals surface area contributed by atoms with Gasteiger partial charge in [-0.15, -0.1) is 0 Å². The van der Waals surface area contributed by atoms with Gasteiger partial charge in [0.05, 0.1) is 32.2 Å². The zero-order valence-electron chi connectivity index (χ0n) is 13.0. The van der Waals surface area contributed by atoms with Crippen LogP contribution in [0.15, 0.2) is 53.7 Å². The monoisotopic (exact) mass is 333 g/mol. The van der Waals surface area contributed by atoms with E-state index in [1.165, 1.54) is 11.3 Å². The van der Waals surface area contributed by atoms with E-state index in [4.69, 9.17) is 0 Å². The van der Waals surface area contributed by atoms with Crippen LogP contribution < -0.4 is 16.9 Å². The van der Waals surface area contributed by atoms with Crippen molar-refractivity contribution in [2.24, 2.45) is 0 Å². The Morgan fingerprint density at radius 1 is 1.00 bits per heavy atom. The number of imidazole rings is 1. The quantitative estimate of drug-likeness (QED) is 0.571. The van der Waals surface area contributed by atoms with Gasteiger partial charge in [0.25, 0.3) is 0 Å². The van der Waals surface area contributed by atoms with Crippen molar-refractivity contribution in [2.45, 2.75) is 10.9 Å². The molecule has 0 radical (unpaired) electrons. The van der Waals surface area contributed by atoms with E-state index in [1.807, 2.05) is 18.2 Å². The lowest BCUT2D eigenvalue weighted by atomic mass is 10.2. The topological polar surface area (TPSA) is 28.7 Å². The number of fused-ring (bicyclic) bond motifs is 1. The van der Waals surface area contributed by atoms with Crippen molar-refractivity contribution in [3.05, 3.63) is 54.1 Å². The van der Waals surface area contributed by atoms with Gasteiger partial charge >= 0.3 is 0 Å². The van der Waals surface area contributed by atoms with Crippen molar-refractivity contribution in [3.63, 3.8) is 0 Å². The first-order valence-electron chi connectivity index (χ1n) is 7.01. The van der Waals surface area contributed by atoms with Gasteiger partial charge in [-0.2, -0.15) is 0 Å². The third-order valence-corrected chi connectivity index (χ3v) is 4.37. The zero-order valence-corrected chi connectivity index (χ0v) is 14.6. The third-order valence-electron chi connectivity index (χ3n) is 3.45. The molecule has 0 saturated heterocycles. The van der Waals surface area contributed by atoms with E-state index in [2.05, 4.69) is 61.4 Å². The number of nitrogens with zero attached hydrogens (tertiary/aromatic N) is 2. The van der Waals surface area contributed by atoms with E-state index in [9.17, 15) is 0 Å². The molecule has 2 aromatic carbocycles. The molecular formula is C17H20ClN3S. The van der Waals surface area contributed by atoms with Crippen molar-refractivity contribution in [2.75, 3.05) is 21.1 Å². The molecule has 0 aliphatic carbocycles. The summed E-state index contributed by atoms with van der Waals surface area (Å²) in [5, 5.41) is 0.979. The molecule has 3 aromatic rings. The highest BCUT2D eigenvalue weighted by atomic mass is 35.5. The highest BCUT2D eigenvalue weighted by Gasteiger charge is 2.17. The standard InChI is InChI=1S/C17H20N3S.ClH/c1-20(2,3)16-11-7-4-8-13(16)12-21-17-18-14-9-5-6-10-15(14)19-17;/h4-11H,12H2,1-3H3,(H,18,19);1H/q+1;/p-1. The molecule has 116 valence electrons. The number of quaternary nitrogens is 1. The first-order valence-corrected chi connectivity index (χ1v) is 8.00. The lowest BCUT2D eigenvalue weighted by molar-refractivity contribution is -0.00000459. The van der Waals surface area contributed by atoms with Crippen molar-refractivity contribution in [1.29, 1.82) is 0 Å². The van der Waals surface area contributed by atoms with Gasteiger partial charge in [-0.1, -0.05) is 42.1 Å². The summed E-state index contributed by atoms with van der Waals surface area (Å²) in [5.74, 6) is 0.922. The minimum Gasteiger partial charge on any atom is -1.00 e. The van der Waals surface area contributed by atoms with Crippen LogP contribution >= 0.6 is 11.8 Å². The summed E-state index contributed by atoms with van der Waals surface area (Å²) in [6.45, 7) is 0. The molecule has 5 heteroatoms. The molecule has 0 bridgehead atoms. The Labute approximate surface area is 141 Å². The average Bonchev–Trinajstić information content (AvgIpc) is 2.87. The molecule has 22 heavy (non-hydrogen) atoms. The van der Waals surface area contributed by atoms with E-state index < -0.39 is 0 Å². The Bertz CT molecular complexity index is 729. The molecular weight excluding hydrogens is 314 g/mol. The molecule has 0 spiro atoms. The number of aromatic amines is 1. The molecule has 1 heterocycles. The van der Waals surface area contributed by atoms with Crippen LogP contribution in [-0.4, -0.2) is 31.1 Å². The van der Waals surface area contributed by atoms with Crippen LogP contribution in [0.4, 0.5) is 5.69 Å². The van der Waals surface area contributed by atoms with Gasteiger partial charge in [-0.25, -0.2) is 4.98 Å². The van der Waals surface area contributed by atoms with Gasteiger partial charge in [0.2, 0.25) is 0 Å². The molecule has 0 saturated carbocycles. The highest BCUT2D eigenvalue weighted by Crippen LogP contribution is 2.29. The number of aromatic nitrogens is 2. The summed E-state index contributed by atoms with van der Waals surface area (Å²) >= 11 is 1.75. The second-order valence-corrected chi connectivity index (χ2v) is 6.95. The molecule has 0 atom stereocenters. The number of hydrogen-bond acceptors (Lipinski definition) is 2. The van der Waals surface area contributed by atoms with Gasteiger partial charge in [-0.05, 0) is 18.2 Å². The van der Waals surface area contributed by atoms with Crippen LogP contribution in [0.5, 0.6) is 0 Å². The summed E-state index contributed by atoms with van der Waals surface area (Å²) in [7, 11) is 6.60. The minimum absolute atomic E-state index is 0. The molecule has 1 N–H and O–H groups in total. The van der Waals surface area contributed by atoms with Crippen LogP contribution in [0.2, 0.25) is 0 Å².